The second kappa shape index (κ2) is 4.88. The molecule has 2 nitrogen and oxygen atoms in total. The molecule has 0 aliphatic rings. The highest BCUT2D eigenvalue weighted by molar-refractivity contribution is 7.22. The normalized spacial score (nSPS) is 12.0. The maximum atomic E-state index is 13.1. The Bertz CT molecular complexity index is 834. The molecule has 0 bridgehead atoms. The number of thiophene rings is 1. The van der Waals surface area contributed by atoms with Crippen LogP contribution in [0, 0.1) is 5.82 Å². The molecular weight excluding hydrogens is 326 g/mol. The van der Waals surface area contributed by atoms with E-state index in [0.717, 1.165) is 17.5 Å². The molecule has 0 atom stereocenters. The van der Waals surface area contributed by atoms with Crippen LogP contribution in [0.4, 0.5) is 17.6 Å². The summed E-state index contributed by atoms with van der Waals surface area (Å²) in [6.07, 6.45) is -3.65. The van der Waals surface area contributed by atoms with Crippen molar-refractivity contribution in [1.82, 2.24) is 4.98 Å². The van der Waals surface area contributed by atoms with Crippen molar-refractivity contribution >= 4 is 38.5 Å². The molecule has 0 fully saturated rings. The van der Waals surface area contributed by atoms with Crippen molar-refractivity contribution in [3.8, 4) is 0 Å². The molecule has 0 spiro atoms. The van der Waals surface area contributed by atoms with Crippen molar-refractivity contribution in [3.63, 3.8) is 0 Å². The van der Waals surface area contributed by atoms with Gasteiger partial charge in [-0.25, -0.2) is 9.37 Å². The van der Waals surface area contributed by atoms with E-state index in [9.17, 15) is 22.4 Å². The summed E-state index contributed by atoms with van der Waals surface area (Å²) >= 11 is 1.34. The van der Waals surface area contributed by atoms with Gasteiger partial charge < -0.3 is 0 Å². The standard InChI is InChI=1S/C13H5F4NOS2/c14-7-2-1-6-3-9(20-8(6)4-7)11(19)10-5-18-12(21-10)13(15,16)17/h1-5H. The Morgan fingerprint density at radius 1 is 1.10 bits per heavy atom. The number of alkyl halides is 3. The molecule has 2 aromatic heterocycles. The molecule has 0 aliphatic carbocycles. The molecule has 0 N–H and O–H groups in total. The monoisotopic (exact) mass is 331 g/mol. The minimum absolute atomic E-state index is 0.0886. The summed E-state index contributed by atoms with van der Waals surface area (Å²) in [5.74, 6) is -0.967. The van der Waals surface area contributed by atoms with E-state index in [2.05, 4.69) is 4.98 Å². The zero-order chi connectivity index (χ0) is 15.2. The lowest BCUT2D eigenvalue weighted by molar-refractivity contribution is -0.137. The Kier molecular flexibility index (Phi) is 3.29. The maximum Gasteiger partial charge on any atom is 0.443 e. The highest BCUT2D eigenvalue weighted by Crippen LogP contribution is 2.34. The Balaban J connectivity index is 1.98. The minimum atomic E-state index is -4.56. The van der Waals surface area contributed by atoms with E-state index in [4.69, 9.17) is 0 Å². The van der Waals surface area contributed by atoms with E-state index in [1.165, 1.54) is 24.3 Å². The van der Waals surface area contributed by atoms with Crippen molar-refractivity contribution < 1.29 is 22.4 Å². The Labute approximate surface area is 123 Å². The number of carbonyl (C=O) groups excluding carboxylic acids is 1. The maximum absolute atomic E-state index is 13.1. The SMILES string of the molecule is O=C(c1cnc(C(F)(F)F)s1)c1cc2ccc(F)cc2s1. The summed E-state index contributed by atoms with van der Waals surface area (Å²) in [6, 6.07) is 5.60. The minimum Gasteiger partial charge on any atom is -0.287 e. The fourth-order valence-corrected chi connectivity index (χ4v) is 3.59. The van der Waals surface area contributed by atoms with Crippen molar-refractivity contribution in [2.24, 2.45) is 0 Å². The second-order valence-electron chi connectivity index (χ2n) is 4.15. The van der Waals surface area contributed by atoms with E-state index < -0.39 is 22.8 Å². The molecule has 1 aromatic carbocycles. The van der Waals surface area contributed by atoms with Crippen LogP contribution in [0.3, 0.4) is 0 Å². The molecule has 0 aliphatic heterocycles. The van der Waals surface area contributed by atoms with Crippen LogP contribution < -0.4 is 0 Å². The van der Waals surface area contributed by atoms with Gasteiger partial charge in [0.05, 0.1) is 9.75 Å². The number of benzene rings is 1. The van der Waals surface area contributed by atoms with Crippen LogP contribution in [0.25, 0.3) is 10.1 Å². The van der Waals surface area contributed by atoms with Gasteiger partial charge in [0.1, 0.15) is 5.82 Å². The van der Waals surface area contributed by atoms with Crippen LogP contribution in [-0.4, -0.2) is 10.8 Å². The summed E-state index contributed by atoms with van der Waals surface area (Å²) in [5.41, 5.74) is 0. The molecule has 0 unspecified atom stereocenters. The van der Waals surface area contributed by atoms with Gasteiger partial charge in [0.25, 0.3) is 0 Å². The lowest BCUT2D eigenvalue weighted by Crippen LogP contribution is -2.03. The predicted molar refractivity (Wildman–Crippen MR) is 72.3 cm³/mol. The smallest absolute Gasteiger partial charge is 0.287 e. The highest BCUT2D eigenvalue weighted by atomic mass is 32.1. The van der Waals surface area contributed by atoms with Gasteiger partial charge in [-0.1, -0.05) is 6.07 Å². The molecule has 3 rings (SSSR count). The van der Waals surface area contributed by atoms with E-state index in [1.54, 1.807) is 0 Å². The molecule has 0 saturated heterocycles. The second-order valence-corrected chi connectivity index (χ2v) is 6.26. The number of nitrogens with zero attached hydrogens (tertiary/aromatic N) is 1. The summed E-state index contributed by atoms with van der Waals surface area (Å²) < 4.78 is 51.1. The van der Waals surface area contributed by atoms with Crippen molar-refractivity contribution in [2.75, 3.05) is 0 Å². The van der Waals surface area contributed by atoms with Gasteiger partial charge in [0.15, 0.2) is 5.01 Å². The quantitative estimate of drug-likeness (QED) is 0.501. The van der Waals surface area contributed by atoms with E-state index in [-0.39, 0.29) is 9.75 Å². The van der Waals surface area contributed by atoms with Crippen LogP contribution in [-0.2, 0) is 6.18 Å². The Morgan fingerprint density at radius 2 is 1.86 bits per heavy atom. The number of ketones is 1. The van der Waals surface area contributed by atoms with Crippen molar-refractivity contribution in [1.29, 1.82) is 0 Å². The fraction of sp³-hybridized carbons (Fsp3) is 0.0769. The lowest BCUT2D eigenvalue weighted by atomic mass is 10.2. The third kappa shape index (κ3) is 2.68. The summed E-state index contributed by atoms with van der Waals surface area (Å²) in [5, 5.41) is -0.386. The molecule has 0 saturated carbocycles. The van der Waals surface area contributed by atoms with Gasteiger partial charge in [-0.3, -0.25) is 4.79 Å². The van der Waals surface area contributed by atoms with Crippen LogP contribution in [0.2, 0.25) is 0 Å². The first kappa shape index (κ1) is 14.2. The van der Waals surface area contributed by atoms with Gasteiger partial charge in [-0.05, 0) is 23.6 Å². The van der Waals surface area contributed by atoms with Crippen LogP contribution in [0.1, 0.15) is 19.6 Å². The van der Waals surface area contributed by atoms with Crippen LogP contribution in [0.15, 0.2) is 30.5 Å². The lowest BCUT2D eigenvalue weighted by Gasteiger charge is -1.98. The molecule has 0 radical (unpaired) electrons. The van der Waals surface area contributed by atoms with Crippen molar-refractivity contribution in [3.05, 3.63) is 51.0 Å². The van der Waals surface area contributed by atoms with E-state index >= 15 is 0 Å². The zero-order valence-corrected chi connectivity index (χ0v) is 11.7. The first-order valence-electron chi connectivity index (χ1n) is 5.61. The van der Waals surface area contributed by atoms with E-state index in [1.807, 2.05) is 0 Å². The zero-order valence-electron chi connectivity index (χ0n) is 10.1. The van der Waals surface area contributed by atoms with Gasteiger partial charge >= 0.3 is 6.18 Å². The molecule has 108 valence electrons. The largest absolute Gasteiger partial charge is 0.443 e. The third-order valence-electron chi connectivity index (χ3n) is 2.68. The number of aromatic nitrogens is 1. The molecule has 3 aromatic rings. The van der Waals surface area contributed by atoms with Crippen molar-refractivity contribution in [2.45, 2.75) is 6.18 Å². The molecular formula is C13H5F4NOS2. The third-order valence-corrected chi connectivity index (χ3v) is 4.82. The number of carbonyl (C=O) groups is 1. The number of halogens is 4. The molecule has 21 heavy (non-hydrogen) atoms. The number of hydrogen-bond acceptors (Lipinski definition) is 4. The molecule has 8 heteroatoms. The summed E-state index contributed by atoms with van der Waals surface area (Å²) in [4.78, 5) is 15.5. The summed E-state index contributed by atoms with van der Waals surface area (Å²) in [6.45, 7) is 0. The fourth-order valence-electron chi connectivity index (χ4n) is 1.75. The topological polar surface area (TPSA) is 30.0 Å². The summed E-state index contributed by atoms with van der Waals surface area (Å²) in [7, 11) is 0. The Morgan fingerprint density at radius 3 is 2.52 bits per heavy atom. The number of hydrogen-bond donors (Lipinski definition) is 0. The van der Waals surface area contributed by atoms with Gasteiger partial charge in [0.2, 0.25) is 5.78 Å². The Hall–Kier alpha value is -1.80. The van der Waals surface area contributed by atoms with Gasteiger partial charge in [0, 0.05) is 10.9 Å². The molecule has 0 amide bonds. The average molecular weight is 331 g/mol. The average Bonchev–Trinajstić information content (AvgIpc) is 3.03. The first-order valence-corrected chi connectivity index (χ1v) is 7.25. The molecule has 2 heterocycles. The number of fused-ring (bicyclic) bond motifs is 1. The predicted octanol–water partition coefficient (Wildman–Crippen LogP) is 4.75. The number of thiazole rings is 1. The van der Waals surface area contributed by atoms with Gasteiger partial charge in [-0.2, -0.15) is 13.2 Å². The van der Waals surface area contributed by atoms with Gasteiger partial charge in [-0.15, -0.1) is 22.7 Å². The van der Waals surface area contributed by atoms with E-state index in [0.29, 0.717) is 21.4 Å². The van der Waals surface area contributed by atoms with Crippen LogP contribution >= 0.6 is 22.7 Å². The highest BCUT2D eigenvalue weighted by Gasteiger charge is 2.35. The number of rotatable bonds is 2. The first-order chi connectivity index (χ1) is 9.84. The van der Waals surface area contributed by atoms with Crippen LogP contribution in [0.5, 0.6) is 0 Å².